The van der Waals surface area contributed by atoms with Crippen LogP contribution in [0.4, 0.5) is 18.9 Å². The normalized spacial score (nSPS) is 11.1. The Morgan fingerprint density at radius 3 is 2.50 bits per heavy atom. The summed E-state index contributed by atoms with van der Waals surface area (Å²) in [5.41, 5.74) is 5.34. The molecule has 0 saturated heterocycles. The number of aromatic nitrogens is 2. The minimum Gasteiger partial charge on any atom is -0.395 e. The van der Waals surface area contributed by atoms with Crippen molar-refractivity contribution in [3.05, 3.63) is 41.7 Å². The summed E-state index contributed by atoms with van der Waals surface area (Å²) in [6, 6.07) is 5.52. The van der Waals surface area contributed by atoms with Gasteiger partial charge in [0.15, 0.2) is 0 Å². The molecular weight excluding hydrogens is 289 g/mol. The highest BCUT2D eigenvalue weighted by molar-refractivity contribution is 7.99. The Morgan fingerprint density at radius 1 is 1.20 bits per heavy atom. The highest BCUT2D eigenvalue weighted by atomic mass is 32.2. The molecule has 0 fully saturated rings. The van der Waals surface area contributed by atoms with Crippen molar-refractivity contribution in [2.24, 2.45) is 0 Å². The first-order chi connectivity index (χ1) is 9.41. The molecule has 2 N–H and O–H groups in total. The summed E-state index contributed by atoms with van der Waals surface area (Å²) >= 11 is 0.997. The maximum atomic E-state index is 12.4. The first-order valence-electron chi connectivity index (χ1n) is 5.27. The fourth-order valence-electron chi connectivity index (χ4n) is 1.34. The van der Waals surface area contributed by atoms with E-state index in [-0.39, 0.29) is 11.3 Å². The lowest BCUT2D eigenvalue weighted by Gasteiger charge is -2.07. The molecule has 20 heavy (non-hydrogen) atoms. The fraction of sp³-hybridized carbons (Fsp3) is 0.0833. The van der Waals surface area contributed by atoms with E-state index in [1.165, 1.54) is 18.3 Å². The third-order valence-corrected chi connectivity index (χ3v) is 3.31. The van der Waals surface area contributed by atoms with Crippen LogP contribution in [-0.2, 0) is 6.18 Å². The van der Waals surface area contributed by atoms with Gasteiger partial charge in [0.25, 0.3) is 0 Å². The molecule has 0 bridgehead atoms. The van der Waals surface area contributed by atoms with Crippen molar-refractivity contribution < 1.29 is 13.2 Å². The molecule has 0 aliphatic heterocycles. The Bertz CT molecular complexity index is 662. The van der Waals surface area contributed by atoms with Crippen molar-refractivity contribution >= 4 is 17.4 Å². The van der Waals surface area contributed by atoms with Gasteiger partial charge in [0.2, 0.25) is 0 Å². The lowest BCUT2D eigenvalue weighted by Crippen LogP contribution is -2.05. The molecule has 102 valence electrons. The number of hydrogen-bond donors (Lipinski definition) is 1. The maximum absolute atomic E-state index is 12.4. The summed E-state index contributed by atoms with van der Waals surface area (Å²) in [7, 11) is 0. The quantitative estimate of drug-likeness (QED) is 0.921. The predicted molar refractivity (Wildman–Crippen MR) is 66.7 cm³/mol. The van der Waals surface area contributed by atoms with Crippen LogP contribution in [0, 0.1) is 11.3 Å². The van der Waals surface area contributed by atoms with Crippen molar-refractivity contribution in [3.63, 3.8) is 0 Å². The molecule has 0 atom stereocenters. The SMILES string of the molecule is N#Cc1ccnc(Sc2ccc(C(F)(F)F)cn2)c1N. The first-order valence-corrected chi connectivity index (χ1v) is 6.09. The number of nitrogens with zero attached hydrogens (tertiary/aromatic N) is 3. The average molecular weight is 296 g/mol. The van der Waals surface area contributed by atoms with Crippen molar-refractivity contribution in [1.82, 2.24) is 9.97 Å². The van der Waals surface area contributed by atoms with Gasteiger partial charge in [-0.05, 0) is 30.0 Å². The number of anilines is 1. The zero-order valence-electron chi connectivity index (χ0n) is 9.85. The van der Waals surface area contributed by atoms with Crippen molar-refractivity contribution in [1.29, 1.82) is 5.26 Å². The van der Waals surface area contributed by atoms with Gasteiger partial charge in [0, 0.05) is 12.4 Å². The number of halogens is 3. The number of nitriles is 1. The standard InChI is InChI=1S/C12H7F3N4S/c13-12(14,15)8-1-2-9(19-6-8)20-11-10(17)7(5-16)3-4-18-11/h1-4,6H,17H2. The lowest BCUT2D eigenvalue weighted by molar-refractivity contribution is -0.137. The van der Waals surface area contributed by atoms with Gasteiger partial charge >= 0.3 is 6.18 Å². The Balaban J connectivity index is 2.26. The number of nitrogen functional groups attached to an aromatic ring is 1. The van der Waals surface area contributed by atoms with E-state index in [9.17, 15) is 13.2 Å². The van der Waals surface area contributed by atoms with Crippen molar-refractivity contribution in [2.75, 3.05) is 5.73 Å². The van der Waals surface area contributed by atoms with E-state index in [1.807, 2.05) is 6.07 Å². The second kappa shape index (κ2) is 5.38. The van der Waals surface area contributed by atoms with Crippen LogP contribution < -0.4 is 5.73 Å². The lowest BCUT2D eigenvalue weighted by atomic mass is 10.2. The second-order valence-corrected chi connectivity index (χ2v) is 4.68. The molecule has 0 radical (unpaired) electrons. The summed E-state index contributed by atoms with van der Waals surface area (Å²) < 4.78 is 37.2. The number of hydrogen-bond acceptors (Lipinski definition) is 5. The van der Waals surface area contributed by atoms with E-state index in [1.54, 1.807) is 0 Å². The highest BCUT2D eigenvalue weighted by Crippen LogP contribution is 2.33. The van der Waals surface area contributed by atoms with E-state index in [2.05, 4.69) is 9.97 Å². The van der Waals surface area contributed by atoms with Gasteiger partial charge in [0.1, 0.15) is 16.1 Å². The van der Waals surface area contributed by atoms with Gasteiger partial charge in [-0.2, -0.15) is 18.4 Å². The molecule has 0 amide bonds. The third-order valence-electron chi connectivity index (χ3n) is 2.34. The molecule has 2 rings (SSSR count). The van der Waals surface area contributed by atoms with Crippen LogP contribution in [-0.4, -0.2) is 9.97 Å². The van der Waals surface area contributed by atoms with Gasteiger partial charge in [0.05, 0.1) is 16.8 Å². The van der Waals surface area contributed by atoms with Crippen LogP contribution >= 0.6 is 11.8 Å². The molecule has 2 aromatic rings. The molecule has 0 spiro atoms. The molecule has 2 heterocycles. The molecule has 0 aliphatic rings. The monoisotopic (exact) mass is 296 g/mol. The summed E-state index contributed by atoms with van der Waals surface area (Å²) in [5, 5.41) is 9.47. The Labute approximate surface area is 116 Å². The second-order valence-electron chi connectivity index (χ2n) is 3.67. The zero-order chi connectivity index (χ0) is 14.8. The van der Waals surface area contributed by atoms with E-state index < -0.39 is 11.7 Å². The van der Waals surface area contributed by atoms with Gasteiger partial charge in [-0.3, -0.25) is 0 Å². The number of nitrogens with two attached hydrogens (primary N) is 1. The molecule has 0 aromatic carbocycles. The Hall–Kier alpha value is -2.27. The molecule has 0 unspecified atom stereocenters. The predicted octanol–water partition coefficient (Wildman–Crippen LogP) is 3.10. The van der Waals surface area contributed by atoms with E-state index in [0.29, 0.717) is 10.1 Å². The topological polar surface area (TPSA) is 75.6 Å². The van der Waals surface area contributed by atoms with Gasteiger partial charge in [-0.25, -0.2) is 9.97 Å². The molecule has 8 heteroatoms. The summed E-state index contributed by atoms with van der Waals surface area (Å²) in [6.45, 7) is 0. The maximum Gasteiger partial charge on any atom is 0.417 e. The smallest absolute Gasteiger partial charge is 0.395 e. The van der Waals surface area contributed by atoms with E-state index in [0.717, 1.165) is 24.0 Å². The minimum absolute atomic E-state index is 0.182. The van der Waals surface area contributed by atoms with Crippen LogP contribution in [0.25, 0.3) is 0 Å². The van der Waals surface area contributed by atoms with Crippen molar-refractivity contribution in [3.8, 4) is 6.07 Å². The van der Waals surface area contributed by atoms with Crippen LogP contribution in [0.3, 0.4) is 0 Å². The number of pyridine rings is 2. The highest BCUT2D eigenvalue weighted by Gasteiger charge is 2.30. The van der Waals surface area contributed by atoms with Gasteiger partial charge < -0.3 is 5.73 Å². The van der Waals surface area contributed by atoms with Crippen LogP contribution in [0.5, 0.6) is 0 Å². The first kappa shape index (κ1) is 14.1. The largest absolute Gasteiger partial charge is 0.417 e. The van der Waals surface area contributed by atoms with Gasteiger partial charge in [-0.15, -0.1) is 0 Å². The average Bonchev–Trinajstić information content (AvgIpc) is 2.41. The fourth-order valence-corrected chi connectivity index (χ4v) is 2.11. The molecule has 4 nitrogen and oxygen atoms in total. The Morgan fingerprint density at radius 2 is 1.95 bits per heavy atom. The summed E-state index contributed by atoms with van der Waals surface area (Å²) in [6.07, 6.45) is -2.28. The minimum atomic E-state index is -4.42. The van der Waals surface area contributed by atoms with E-state index >= 15 is 0 Å². The summed E-state index contributed by atoms with van der Waals surface area (Å²) in [4.78, 5) is 7.68. The summed E-state index contributed by atoms with van der Waals surface area (Å²) in [5.74, 6) is 0. The molecule has 2 aromatic heterocycles. The number of alkyl halides is 3. The van der Waals surface area contributed by atoms with Crippen LogP contribution in [0.15, 0.2) is 40.6 Å². The molecule has 0 aliphatic carbocycles. The van der Waals surface area contributed by atoms with Crippen LogP contribution in [0.1, 0.15) is 11.1 Å². The Kier molecular flexibility index (Phi) is 3.81. The van der Waals surface area contributed by atoms with E-state index in [4.69, 9.17) is 11.0 Å². The molecular formula is C12H7F3N4S. The number of rotatable bonds is 2. The molecule has 0 saturated carbocycles. The third kappa shape index (κ3) is 3.00. The zero-order valence-corrected chi connectivity index (χ0v) is 10.7. The van der Waals surface area contributed by atoms with Crippen molar-refractivity contribution in [2.45, 2.75) is 16.2 Å². The van der Waals surface area contributed by atoms with Crippen LogP contribution in [0.2, 0.25) is 0 Å². The van der Waals surface area contributed by atoms with Gasteiger partial charge in [-0.1, -0.05) is 0 Å².